The average Bonchev–Trinajstić information content (AvgIpc) is 3.10. The first kappa shape index (κ1) is 19.3. The smallest absolute Gasteiger partial charge is 0.253 e. The van der Waals surface area contributed by atoms with Crippen LogP contribution in [0.5, 0.6) is 0 Å². The SMILES string of the molecule is CN1CCN(C(=O)c2ccc3nc(NC(=O)CC4CCCCC4)sc3c2)CC1. The lowest BCUT2D eigenvalue weighted by Crippen LogP contribution is -2.47. The first-order chi connectivity index (χ1) is 13.6. The number of carbonyl (C=O) groups excluding carboxylic acids is 2. The van der Waals surface area contributed by atoms with Gasteiger partial charge in [-0.25, -0.2) is 4.98 Å². The molecule has 2 aromatic rings. The summed E-state index contributed by atoms with van der Waals surface area (Å²) in [5.74, 6) is 0.641. The van der Waals surface area contributed by atoms with Crippen LogP contribution in [0.1, 0.15) is 48.9 Å². The Balaban J connectivity index is 1.41. The van der Waals surface area contributed by atoms with Crippen LogP contribution in [0.3, 0.4) is 0 Å². The Morgan fingerprint density at radius 2 is 1.89 bits per heavy atom. The van der Waals surface area contributed by atoms with E-state index in [0.29, 0.717) is 23.0 Å². The summed E-state index contributed by atoms with van der Waals surface area (Å²) in [5, 5.41) is 3.59. The van der Waals surface area contributed by atoms with Crippen LogP contribution in [0.15, 0.2) is 18.2 Å². The number of carbonyl (C=O) groups is 2. The summed E-state index contributed by atoms with van der Waals surface area (Å²) in [5.41, 5.74) is 1.52. The van der Waals surface area contributed by atoms with E-state index in [2.05, 4.69) is 22.2 Å². The highest BCUT2D eigenvalue weighted by molar-refractivity contribution is 7.22. The zero-order valence-corrected chi connectivity index (χ0v) is 17.3. The maximum atomic E-state index is 12.8. The molecule has 1 saturated heterocycles. The second kappa shape index (κ2) is 8.57. The van der Waals surface area contributed by atoms with E-state index in [4.69, 9.17) is 0 Å². The Hall–Kier alpha value is -1.99. The van der Waals surface area contributed by atoms with Gasteiger partial charge in [-0.3, -0.25) is 9.59 Å². The molecule has 2 amide bonds. The van der Waals surface area contributed by atoms with Crippen molar-refractivity contribution in [3.63, 3.8) is 0 Å². The molecule has 2 fully saturated rings. The van der Waals surface area contributed by atoms with Crippen molar-refractivity contribution < 1.29 is 9.59 Å². The molecule has 0 bridgehead atoms. The largest absolute Gasteiger partial charge is 0.336 e. The summed E-state index contributed by atoms with van der Waals surface area (Å²) in [6, 6.07) is 5.63. The van der Waals surface area contributed by atoms with Gasteiger partial charge in [0.1, 0.15) is 0 Å². The van der Waals surface area contributed by atoms with Gasteiger partial charge in [0.25, 0.3) is 5.91 Å². The fraction of sp³-hybridized carbons (Fsp3) is 0.571. The van der Waals surface area contributed by atoms with Crippen LogP contribution in [0.4, 0.5) is 5.13 Å². The Kier molecular flexibility index (Phi) is 5.92. The van der Waals surface area contributed by atoms with Crippen LogP contribution in [0.2, 0.25) is 0 Å². The number of nitrogens with one attached hydrogen (secondary N) is 1. The first-order valence-electron chi connectivity index (χ1n) is 10.3. The van der Waals surface area contributed by atoms with Gasteiger partial charge in [-0.2, -0.15) is 0 Å². The lowest BCUT2D eigenvalue weighted by atomic mass is 9.87. The number of hydrogen-bond acceptors (Lipinski definition) is 5. The molecule has 2 aliphatic rings. The molecule has 4 rings (SSSR count). The molecule has 0 spiro atoms. The fourth-order valence-electron chi connectivity index (χ4n) is 4.13. The van der Waals surface area contributed by atoms with E-state index in [0.717, 1.165) is 49.2 Å². The molecular formula is C21H28N4O2S. The Morgan fingerprint density at radius 3 is 2.64 bits per heavy atom. The molecule has 0 unspecified atom stereocenters. The van der Waals surface area contributed by atoms with E-state index in [1.54, 1.807) is 0 Å². The average molecular weight is 401 g/mol. The van der Waals surface area contributed by atoms with Crippen LogP contribution < -0.4 is 5.32 Å². The van der Waals surface area contributed by atoms with E-state index >= 15 is 0 Å². The predicted molar refractivity (Wildman–Crippen MR) is 113 cm³/mol. The van der Waals surface area contributed by atoms with E-state index in [-0.39, 0.29) is 11.8 Å². The number of fused-ring (bicyclic) bond motifs is 1. The minimum atomic E-state index is 0.0553. The fourth-order valence-corrected chi connectivity index (χ4v) is 5.05. The molecule has 1 saturated carbocycles. The van der Waals surface area contributed by atoms with Crippen molar-refractivity contribution in [2.24, 2.45) is 5.92 Å². The maximum Gasteiger partial charge on any atom is 0.253 e. The van der Waals surface area contributed by atoms with Gasteiger partial charge in [0, 0.05) is 38.2 Å². The number of thiazole rings is 1. The molecule has 1 N–H and O–H groups in total. The van der Waals surface area contributed by atoms with Crippen molar-refractivity contribution in [3.8, 4) is 0 Å². The Bertz CT molecular complexity index is 851. The summed E-state index contributed by atoms with van der Waals surface area (Å²) >= 11 is 1.44. The zero-order chi connectivity index (χ0) is 19.5. The summed E-state index contributed by atoms with van der Waals surface area (Å²) in [6.07, 6.45) is 6.68. The van der Waals surface area contributed by atoms with Crippen LogP contribution in [-0.2, 0) is 4.79 Å². The number of hydrogen-bond donors (Lipinski definition) is 1. The Morgan fingerprint density at radius 1 is 1.14 bits per heavy atom. The van der Waals surface area contributed by atoms with Gasteiger partial charge in [-0.1, -0.05) is 30.6 Å². The van der Waals surface area contributed by atoms with Gasteiger partial charge in [0.05, 0.1) is 10.2 Å². The van der Waals surface area contributed by atoms with Crippen molar-refractivity contribution in [1.82, 2.24) is 14.8 Å². The number of piperazine rings is 1. The first-order valence-corrected chi connectivity index (χ1v) is 11.1. The lowest BCUT2D eigenvalue weighted by molar-refractivity contribution is -0.117. The minimum absolute atomic E-state index is 0.0553. The van der Waals surface area contributed by atoms with Crippen LogP contribution in [-0.4, -0.2) is 59.8 Å². The molecule has 0 radical (unpaired) electrons. The highest BCUT2D eigenvalue weighted by Gasteiger charge is 2.21. The topological polar surface area (TPSA) is 65.5 Å². The van der Waals surface area contributed by atoms with E-state index < -0.39 is 0 Å². The molecule has 1 aromatic heterocycles. The van der Waals surface area contributed by atoms with Gasteiger partial charge in [-0.05, 0) is 44.0 Å². The minimum Gasteiger partial charge on any atom is -0.336 e. The molecule has 1 aromatic carbocycles. The summed E-state index contributed by atoms with van der Waals surface area (Å²) in [4.78, 5) is 33.8. The highest BCUT2D eigenvalue weighted by atomic mass is 32.1. The van der Waals surface area contributed by atoms with Crippen molar-refractivity contribution in [2.75, 3.05) is 38.5 Å². The quantitative estimate of drug-likeness (QED) is 0.852. The summed E-state index contributed by atoms with van der Waals surface area (Å²) in [6.45, 7) is 3.34. The van der Waals surface area contributed by atoms with E-state index in [9.17, 15) is 9.59 Å². The number of rotatable bonds is 4. The monoisotopic (exact) mass is 400 g/mol. The van der Waals surface area contributed by atoms with Gasteiger partial charge >= 0.3 is 0 Å². The second-order valence-electron chi connectivity index (χ2n) is 8.05. The highest BCUT2D eigenvalue weighted by Crippen LogP contribution is 2.29. The molecule has 6 nitrogen and oxygen atoms in total. The van der Waals surface area contributed by atoms with Crippen molar-refractivity contribution in [1.29, 1.82) is 0 Å². The van der Waals surface area contributed by atoms with Gasteiger partial charge in [0.15, 0.2) is 5.13 Å². The number of benzene rings is 1. The standard InChI is InChI=1S/C21H28N4O2S/c1-24-9-11-25(12-10-24)20(27)16-7-8-17-18(14-16)28-21(22-17)23-19(26)13-15-5-3-2-4-6-15/h7-8,14-15H,2-6,9-13H2,1H3,(H,22,23,26). The molecule has 28 heavy (non-hydrogen) atoms. The third-order valence-corrected chi connectivity index (χ3v) is 6.80. The van der Waals surface area contributed by atoms with Crippen LogP contribution in [0, 0.1) is 5.92 Å². The van der Waals surface area contributed by atoms with E-state index in [1.165, 1.54) is 30.6 Å². The normalized spacial score (nSPS) is 19.1. The van der Waals surface area contributed by atoms with E-state index in [1.807, 2.05) is 23.1 Å². The number of aromatic nitrogens is 1. The third-order valence-electron chi connectivity index (χ3n) is 5.87. The molecule has 0 atom stereocenters. The zero-order valence-electron chi connectivity index (χ0n) is 16.4. The van der Waals surface area contributed by atoms with Gasteiger partial charge in [0.2, 0.25) is 5.91 Å². The van der Waals surface area contributed by atoms with Crippen LogP contribution >= 0.6 is 11.3 Å². The lowest BCUT2D eigenvalue weighted by Gasteiger charge is -2.32. The van der Waals surface area contributed by atoms with Crippen molar-refractivity contribution in [3.05, 3.63) is 23.8 Å². The second-order valence-corrected chi connectivity index (χ2v) is 9.08. The molecule has 7 heteroatoms. The van der Waals surface area contributed by atoms with Gasteiger partial charge in [-0.15, -0.1) is 0 Å². The van der Waals surface area contributed by atoms with Crippen molar-refractivity contribution in [2.45, 2.75) is 38.5 Å². The summed E-state index contributed by atoms with van der Waals surface area (Å²) in [7, 11) is 2.08. The number of amides is 2. The number of nitrogens with zero attached hydrogens (tertiary/aromatic N) is 3. The molecule has 1 aliphatic carbocycles. The Labute approximate surface area is 169 Å². The number of likely N-dealkylation sites (N-methyl/N-ethyl adjacent to an activating group) is 1. The molecule has 150 valence electrons. The predicted octanol–water partition coefficient (Wildman–Crippen LogP) is 3.59. The number of anilines is 1. The van der Waals surface area contributed by atoms with Crippen LogP contribution in [0.25, 0.3) is 10.2 Å². The molecular weight excluding hydrogens is 372 g/mol. The summed E-state index contributed by atoms with van der Waals surface area (Å²) < 4.78 is 0.938. The molecule has 1 aliphatic heterocycles. The third kappa shape index (κ3) is 4.52. The maximum absolute atomic E-state index is 12.8. The van der Waals surface area contributed by atoms with Gasteiger partial charge < -0.3 is 15.1 Å². The molecule has 2 heterocycles. The van der Waals surface area contributed by atoms with Crippen molar-refractivity contribution >= 4 is 38.5 Å².